The third-order valence-electron chi connectivity index (χ3n) is 2.11. The first-order valence-electron chi connectivity index (χ1n) is 4.62. The van der Waals surface area contributed by atoms with Gasteiger partial charge in [0.25, 0.3) is 5.92 Å². The molecule has 1 saturated carbocycles. The molecule has 0 aromatic rings. The summed E-state index contributed by atoms with van der Waals surface area (Å²) < 4.78 is 30.4. The molecule has 0 aromatic carbocycles. The van der Waals surface area contributed by atoms with Crippen LogP contribution in [0.1, 0.15) is 27.2 Å². The molecule has 4 nitrogen and oxygen atoms in total. The minimum absolute atomic E-state index is 0.546. The predicted octanol–water partition coefficient (Wildman–Crippen LogP) is 1.28. The first-order chi connectivity index (χ1) is 6.62. The molecule has 0 heterocycles. The summed E-state index contributed by atoms with van der Waals surface area (Å²) in [6.45, 7) is 4.09. The van der Waals surface area contributed by atoms with Crippen molar-refractivity contribution in [1.29, 1.82) is 0 Å². The van der Waals surface area contributed by atoms with Crippen LogP contribution in [-0.4, -0.2) is 34.9 Å². The highest BCUT2D eigenvalue weighted by Crippen LogP contribution is 2.52. The molecule has 1 amide bonds. The van der Waals surface area contributed by atoms with Gasteiger partial charge >= 0.3 is 6.09 Å². The number of carbonyl (C=O) groups is 1. The fourth-order valence-electron chi connectivity index (χ4n) is 1.18. The second-order valence-corrected chi connectivity index (χ2v) is 4.75. The minimum atomic E-state index is -3.04. The number of aliphatic hydroxyl groups excluding tert-OH is 1. The quantitative estimate of drug-likeness (QED) is 0.741. The van der Waals surface area contributed by atoms with Gasteiger partial charge in [0.2, 0.25) is 0 Å². The summed E-state index contributed by atoms with van der Waals surface area (Å²) in [4.78, 5) is 11.2. The second-order valence-electron chi connectivity index (χ2n) is 4.75. The summed E-state index contributed by atoms with van der Waals surface area (Å²) >= 11 is 0. The standard InChI is InChI=1S/C9H15F2NO3/c1-7(2,3)15-6(14)12-8(5-13)4-9(8,10)11/h13H,4-5H2,1-3H3,(H,12,14)/t8-/m1/s1. The van der Waals surface area contributed by atoms with Gasteiger partial charge in [-0.05, 0) is 20.8 Å². The number of aliphatic hydroxyl groups is 1. The van der Waals surface area contributed by atoms with Gasteiger partial charge in [-0.3, -0.25) is 0 Å². The smallest absolute Gasteiger partial charge is 0.408 e. The van der Waals surface area contributed by atoms with Gasteiger partial charge < -0.3 is 15.2 Å². The Morgan fingerprint density at radius 1 is 1.53 bits per heavy atom. The van der Waals surface area contributed by atoms with Crippen molar-refractivity contribution in [2.24, 2.45) is 0 Å². The van der Waals surface area contributed by atoms with Gasteiger partial charge in [-0.1, -0.05) is 0 Å². The number of alkyl halides is 2. The van der Waals surface area contributed by atoms with E-state index in [9.17, 15) is 13.6 Å². The molecule has 0 spiro atoms. The molecule has 1 aliphatic rings. The fourth-order valence-corrected chi connectivity index (χ4v) is 1.18. The van der Waals surface area contributed by atoms with E-state index in [-0.39, 0.29) is 0 Å². The van der Waals surface area contributed by atoms with E-state index < -0.39 is 36.2 Å². The molecule has 0 unspecified atom stereocenters. The van der Waals surface area contributed by atoms with Gasteiger partial charge in [-0.25, -0.2) is 13.6 Å². The molecule has 0 aliphatic heterocycles. The minimum Gasteiger partial charge on any atom is -0.444 e. The molecule has 0 aromatic heterocycles. The number of hydrogen-bond acceptors (Lipinski definition) is 3. The number of carbonyl (C=O) groups excluding carboxylic acids is 1. The topological polar surface area (TPSA) is 58.6 Å². The van der Waals surface area contributed by atoms with E-state index in [1.54, 1.807) is 20.8 Å². The second kappa shape index (κ2) is 3.30. The third-order valence-corrected chi connectivity index (χ3v) is 2.11. The van der Waals surface area contributed by atoms with Crippen LogP contribution in [0.2, 0.25) is 0 Å². The van der Waals surface area contributed by atoms with Gasteiger partial charge in [-0.15, -0.1) is 0 Å². The number of amides is 1. The highest BCUT2D eigenvalue weighted by atomic mass is 19.3. The Balaban J connectivity index is 2.53. The van der Waals surface area contributed by atoms with Crippen molar-refractivity contribution in [2.75, 3.05) is 6.61 Å². The molecule has 1 rings (SSSR count). The van der Waals surface area contributed by atoms with Crippen molar-refractivity contribution in [3.05, 3.63) is 0 Å². The lowest BCUT2D eigenvalue weighted by molar-refractivity contribution is 0.0264. The lowest BCUT2D eigenvalue weighted by Gasteiger charge is -2.22. The van der Waals surface area contributed by atoms with Crippen LogP contribution in [-0.2, 0) is 4.74 Å². The SMILES string of the molecule is CC(C)(C)OC(=O)N[C@@]1(CO)CC1(F)F. The van der Waals surface area contributed by atoms with E-state index in [1.807, 2.05) is 5.32 Å². The van der Waals surface area contributed by atoms with E-state index in [0.717, 1.165) is 0 Å². The zero-order chi connectivity index (χ0) is 11.9. The van der Waals surface area contributed by atoms with E-state index in [1.165, 1.54) is 0 Å². The molecule has 1 atom stereocenters. The number of nitrogens with one attached hydrogen (secondary N) is 1. The average molecular weight is 223 g/mol. The summed E-state index contributed by atoms with van der Waals surface area (Å²) in [6.07, 6.45) is -1.48. The lowest BCUT2D eigenvalue weighted by atomic mass is 10.2. The molecule has 2 N–H and O–H groups in total. The molecule has 0 bridgehead atoms. The van der Waals surface area contributed by atoms with Gasteiger partial charge in [0.05, 0.1) is 6.61 Å². The van der Waals surface area contributed by atoms with Crippen LogP contribution in [0.15, 0.2) is 0 Å². The molecular weight excluding hydrogens is 208 g/mol. The van der Waals surface area contributed by atoms with Crippen molar-refractivity contribution < 1.29 is 23.4 Å². The first-order valence-corrected chi connectivity index (χ1v) is 4.62. The fraction of sp³-hybridized carbons (Fsp3) is 0.889. The van der Waals surface area contributed by atoms with Crippen molar-refractivity contribution >= 4 is 6.09 Å². The monoisotopic (exact) mass is 223 g/mol. The molecular formula is C9H15F2NO3. The van der Waals surface area contributed by atoms with E-state index in [4.69, 9.17) is 9.84 Å². The first kappa shape index (κ1) is 12.2. The Morgan fingerprint density at radius 3 is 2.27 bits per heavy atom. The Hall–Kier alpha value is -0.910. The highest BCUT2D eigenvalue weighted by molar-refractivity contribution is 5.70. The molecule has 1 aliphatic carbocycles. The van der Waals surface area contributed by atoms with Crippen molar-refractivity contribution in [2.45, 2.75) is 44.3 Å². The predicted molar refractivity (Wildman–Crippen MR) is 48.8 cm³/mol. The number of ether oxygens (including phenoxy) is 1. The number of rotatable bonds is 2. The Morgan fingerprint density at radius 2 is 2.00 bits per heavy atom. The Labute approximate surface area is 86.6 Å². The van der Waals surface area contributed by atoms with Crippen molar-refractivity contribution in [3.8, 4) is 0 Å². The maximum Gasteiger partial charge on any atom is 0.408 e. The summed E-state index contributed by atoms with van der Waals surface area (Å²) in [5, 5.41) is 10.8. The summed E-state index contributed by atoms with van der Waals surface area (Å²) in [6, 6.07) is 0. The lowest BCUT2D eigenvalue weighted by Crippen LogP contribution is -2.46. The van der Waals surface area contributed by atoms with Crippen LogP contribution in [0.4, 0.5) is 13.6 Å². The van der Waals surface area contributed by atoms with Crippen LogP contribution in [0.3, 0.4) is 0 Å². The van der Waals surface area contributed by atoms with E-state index in [2.05, 4.69) is 0 Å². The molecule has 88 valence electrons. The largest absolute Gasteiger partial charge is 0.444 e. The van der Waals surface area contributed by atoms with Crippen molar-refractivity contribution in [1.82, 2.24) is 5.32 Å². The molecule has 0 radical (unpaired) electrons. The maximum atomic E-state index is 12.8. The van der Waals surface area contributed by atoms with E-state index in [0.29, 0.717) is 0 Å². The molecule has 15 heavy (non-hydrogen) atoms. The Kier molecular flexibility index (Phi) is 2.67. The molecule has 6 heteroatoms. The number of hydrogen-bond donors (Lipinski definition) is 2. The normalized spacial score (nSPS) is 28.4. The van der Waals surface area contributed by atoms with Gasteiger partial charge in [0.15, 0.2) is 0 Å². The van der Waals surface area contributed by atoms with Crippen LogP contribution < -0.4 is 5.32 Å². The summed E-state index contributed by atoms with van der Waals surface area (Å²) in [5.74, 6) is -3.04. The van der Waals surface area contributed by atoms with E-state index >= 15 is 0 Å². The Bertz CT molecular complexity index is 275. The van der Waals surface area contributed by atoms with Crippen LogP contribution in [0.5, 0.6) is 0 Å². The van der Waals surface area contributed by atoms with Crippen LogP contribution >= 0.6 is 0 Å². The molecule has 0 saturated heterocycles. The highest BCUT2D eigenvalue weighted by Gasteiger charge is 2.72. The van der Waals surface area contributed by atoms with Gasteiger partial charge in [0.1, 0.15) is 11.1 Å². The molecule has 1 fully saturated rings. The zero-order valence-corrected chi connectivity index (χ0v) is 8.93. The van der Waals surface area contributed by atoms with Gasteiger partial charge in [0, 0.05) is 6.42 Å². The van der Waals surface area contributed by atoms with Crippen molar-refractivity contribution in [3.63, 3.8) is 0 Å². The maximum absolute atomic E-state index is 12.8. The number of alkyl carbamates (subject to hydrolysis) is 1. The number of halogens is 2. The van der Waals surface area contributed by atoms with Gasteiger partial charge in [-0.2, -0.15) is 0 Å². The zero-order valence-electron chi connectivity index (χ0n) is 8.93. The van der Waals surface area contributed by atoms with Crippen LogP contribution in [0, 0.1) is 0 Å². The third kappa shape index (κ3) is 2.56. The average Bonchev–Trinajstić information content (AvgIpc) is 2.49. The van der Waals surface area contributed by atoms with Crippen LogP contribution in [0.25, 0.3) is 0 Å². The summed E-state index contributed by atoms with van der Waals surface area (Å²) in [5.41, 5.74) is -2.57. The summed E-state index contributed by atoms with van der Waals surface area (Å²) in [7, 11) is 0.